The molecule has 0 saturated heterocycles. The van der Waals surface area contributed by atoms with Gasteiger partial charge in [-0.3, -0.25) is 0 Å². The zero-order chi connectivity index (χ0) is 12.9. The fourth-order valence-corrected chi connectivity index (χ4v) is 1.78. The Kier molecular flexibility index (Phi) is 5.00. The molecule has 0 aliphatic carbocycles. The van der Waals surface area contributed by atoms with Gasteiger partial charge in [0.15, 0.2) is 0 Å². The normalized spacial score (nSPS) is 13.7. The van der Waals surface area contributed by atoms with Crippen LogP contribution in [0.4, 0.5) is 13.2 Å². The molecule has 0 heterocycles. The second-order valence-corrected chi connectivity index (χ2v) is 4.26. The van der Waals surface area contributed by atoms with Gasteiger partial charge in [0.05, 0.1) is 0 Å². The Morgan fingerprint density at radius 1 is 1.18 bits per heavy atom. The maximum absolute atomic E-state index is 12.0. The summed E-state index contributed by atoms with van der Waals surface area (Å²) in [5.41, 5.74) is 2.19. The molecule has 1 aromatic carbocycles. The molecule has 0 aliphatic heterocycles. The summed E-state index contributed by atoms with van der Waals surface area (Å²) in [5.74, 6) is 0. The molecule has 0 fully saturated rings. The molecule has 0 aliphatic rings. The summed E-state index contributed by atoms with van der Waals surface area (Å²) in [6.07, 6.45) is -4.11. The molecule has 1 atom stereocenters. The second kappa shape index (κ2) is 6.05. The van der Waals surface area contributed by atoms with Crippen molar-refractivity contribution in [2.45, 2.75) is 38.4 Å². The van der Waals surface area contributed by atoms with Gasteiger partial charge in [-0.2, -0.15) is 13.2 Å². The Hall–Kier alpha value is -1.03. The van der Waals surface area contributed by atoms with Crippen LogP contribution < -0.4 is 5.32 Å². The predicted octanol–water partition coefficient (Wildman–Crippen LogP) is 3.99. The molecule has 1 unspecified atom stereocenters. The fraction of sp³-hybridized carbons (Fsp3) is 0.538. The number of rotatable bonds is 5. The van der Waals surface area contributed by atoms with Crippen LogP contribution in [0.5, 0.6) is 0 Å². The lowest BCUT2D eigenvalue weighted by Crippen LogP contribution is -2.17. The molecule has 0 saturated carbocycles. The summed E-state index contributed by atoms with van der Waals surface area (Å²) in [5, 5.41) is 3.06. The first-order valence-electron chi connectivity index (χ1n) is 5.73. The van der Waals surface area contributed by atoms with E-state index in [0.717, 1.165) is 11.1 Å². The highest BCUT2D eigenvalue weighted by Gasteiger charge is 2.26. The summed E-state index contributed by atoms with van der Waals surface area (Å²) in [6, 6.07) is 7.87. The number of hydrogen-bond acceptors (Lipinski definition) is 1. The Labute approximate surface area is 100 Å². The van der Waals surface area contributed by atoms with E-state index >= 15 is 0 Å². The maximum atomic E-state index is 12.0. The van der Waals surface area contributed by atoms with Gasteiger partial charge in [-0.1, -0.05) is 29.8 Å². The van der Waals surface area contributed by atoms with Gasteiger partial charge >= 0.3 is 6.18 Å². The topological polar surface area (TPSA) is 12.0 Å². The lowest BCUT2D eigenvalue weighted by Gasteiger charge is -2.17. The molecular formula is C13H18F3N. The molecule has 1 rings (SSSR count). The Balaban J connectivity index is 2.51. The van der Waals surface area contributed by atoms with E-state index in [9.17, 15) is 13.2 Å². The van der Waals surface area contributed by atoms with Crippen LogP contribution in [0.3, 0.4) is 0 Å². The van der Waals surface area contributed by atoms with Gasteiger partial charge in [0.1, 0.15) is 0 Å². The van der Waals surface area contributed by atoms with Crippen molar-refractivity contribution in [3.05, 3.63) is 35.4 Å². The van der Waals surface area contributed by atoms with Gasteiger partial charge in [-0.15, -0.1) is 0 Å². The van der Waals surface area contributed by atoms with E-state index in [4.69, 9.17) is 0 Å². The van der Waals surface area contributed by atoms with E-state index in [0.29, 0.717) is 6.42 Å². The predicted molar refractivity (Wildman–Crippen MR) is 62.9 cm³/mol. The van der Waals surface area contributed by atoms with E-state index in [-0.39, 0.29) is 12.5 Å². The van der Waals surface area contributed by atoms with Crippen molar-refractivity contribution in [2.75, 3.05) is 7.05 Å². The third-order valence-electron chi connectivity index (χ3n) is 2.78. The summed E-state index contributed by atoms with van der Waals surface area (Å²) < 4.78 is 36.1. The van der Waals surface area contributed by atoms with Crippen molar-refractivity contribution in [1.29, 1.82) is 0 Å². The number of halogens is 3. The monoisotopic (exact) mass is 245 g/mol. The average molecular weight is 245 g/mol. The smallest absolute Gasteiger partial charge is 0.313 e. The molecule has 17 heavy (non-hydrogen) atoms. The minimum atomic E-state index is -4.05. The lowest BCUT2D eigenvalue weighted by atomic mass is 10.00. The number of aryl methyl sites for hydroxylation is 1. The minimum Gasteiger partial charge on any atom is -0.313 e. The van der Waals surface area contributed by atoms with Crippen LogP contribution >= 0.6 is 0 Å². The maximum Gasteiger partial charge on any atom is 0.389 e. The largest absolute Gasteiger partial charge is 0.389 e. The highest BCUT2D eigenvalue weighted by molar-refractivity contribution is 5.23. The highest BCUT2D eigenvalue weighted by atomic mass is 19.4. The highest BCUT2D eigenvalue weighted by Crippen LogP contribution is 2.26. The third kappa shape index (κ3) is 5.22. The third-order valence-corrected chi connectivity index (χ3v) is 2.78. The van der Waals surface area contributed by atoms with Crippen molar-refractivity contribution >= 4 is 0 Å². The van der Waals surface area contributed by atoms with Gasteiger partial charge in [-0.05, 0) is 32.4 Å². The van der Waals surface area contributed by atoms with Crippen molar-refractivity contribution in [2.24, 2.45) is 0 Å². The lowest BCUT2D eigenvalue weighted by molar-refractivity contribution is -0.135. The average Bonchev–Trinajstić information content (AvgIpc) is 2.24. The second-order valence-electron chi connectivity index (χ2n) is 4.26. The standard InChI is InChI=1S/C13H18F3N/c1-10-5-7-11(8-6-10)12(17-2)4-3-9-13(14,15)16/h5-8,12,17H,3-4,9H2,1-2H3. The van der Waals surface area contributed by atoms with E-state index in [1.54, 1.807) is 7.05 Å². The molecular weight excluding hydrogens is 227 g/mol. The van der Waals surface area contributed by atoms with Crippen LogP contribution in [-0.4, -0.2) is 13.2 Å². The molecule has 0 amide bonds. The van der Waals surface area contributed by atoms with Crippen LogP contribution in [0.15, 0.2) is 24.3 Å². The molecule has 0 aromatic heterocycles. The first-order valence-corrected chi connectivity index (χ1v) is 5.73. The first kappa shape index (κ1) is 14.0. The van der Waals surface area contributed by atoms with Crippen LogP contribution in [0.1, 0.15) is 36.4 Å². The molecule has 1 nitrogen and oxygen atoms in total. The van der Waals surface area contributed by atoms with Crippen molar-refractivity contribution in [3.8, 4) is 0 Å². The molecule has 4 heteroatoms. The van der Waals surface area contributed by atoms with E-state index in [2.05, 4.69) is 5.32 Å². The SMILES string of the molecule is CNC(CCCC(F)(F)F)c1ccc(C)cc1. The number of benzene rings is 1. The summed E-state index contributed by atoms with van der Waals surface area (Å²) >= 11 is 0. The first-order chi connectivity index (χ1) is 7.92. The Morgan fingerprint density at radius 3 is 2.24 bits per heavy atom. The van der Waals surface area contributed by atoms with Crippen LogP contribution in [0.25, 0.3) is 0 Å². The van der Waals surface area contributed by atoms with Crippen LogP contribution in [-0.2, 0) is 0 Å². The zero-order valence-electron chi connectivity index (χ0n) is 10.1. The van der Waals surface area contributed by atoms with Gasteiger partial charge in [0.25, 0.3) is 0 Å². The van der Waals surface area contributed by atoms with Gasteiger partial charge in [0, 0.05) is 12.5 Å². The van der Waals surface area contributed by atoms with E-state index in [1.165, 1.54) is 0 Å². The zero-order valence-corrected chi connectivity index (χ0v) is 10.1. The fourth-order valence-electron chi connectivity index (χ4n) is 1.78. The van der Waals surface area contributed by atoms with Crippen molar-refractivity contribution in [3.63, 3.8) is 0 Å². The number of hydrogen-bond donors (Lipinski definition) is 1. The molecule has 1 N–H and O–H groups in total. The Bertz CT molecular complexity index is 330. The quantitative estimate of drug-likeness (QED) is 0.827. The summed E-state index contributed by atoms with van der Waals surface area (Å²) in [4.78, 5) is 0. The molecule has 1 aromatic rings. The molecule has 0 spiro atoms. The van der Waals surface area contributed by atoms with Crippen LogP contribution in [0.2, 0.25) is 0 Å². The minimum absolute atomic E-state index is 0.00190. The number of nitrogens with one attached hydrogen (secondary N) is 1. The van der Waals surface area contributed by atoms with Gasteiger partial charge in [-0.25, -0.2) is 0 Å². The van der Waals surface area contributed by atoms with Gasteiger partial charge in [0.2, 0.25) is 0 Å². The van der Waals surface area contributed by atoms with Crippen LogP contribution in [0, 0.1) is 6.92 Å². The van der Waals surface area contributed by atoms with E-state index < -0.39 is 12.6 Å². The van der Waals surface area contributed by atoms with Crippen molar-refractivity contribution in [1.82, 2.24) is 5.32 Å². The van der Waals surface area contributed by atoms with E-state index in [1.807, 2.05) is 31.2 Å². The van der Waals surface area contributed by atoms with Crippen molar-refractivity contribution < 1.29 is 13.2 Å². The summed E-state index contributed by atoms with van der Waals surface area (Å²) in [7, 11) is 1.78. The summed E-state index contributed by atoms with van der Waals surface area (Å²) in [6.45, 7) is 1.99. The molecule has 96 valence electrons. The molecule has 0 bridgehead atoms. The number of alkyl halides is 3. The van der Waals surface area contributed by atoms with Gasteiger partial charge < -0.3 is 5.32 Å². The molecule has 0 radical (unpaired) electrons. The Morgan fingerprint density at radius 2 is 1.76 bits per heavy atom.